The van der Waals surface area contributed by atoms with Gasteiger partial charge in [-0.1, -0.05) is 23.2 Å². The monoisotopic (exact) mass is 249 g/mol. The molecule has 8 heteroatoms. The molecule has 0 fully saturated rings. The molecule has 72 valence electrons. The average molecular weight is 250 g/mol. The Hall–Kier alpha value is -0.980. The van der Waals surface area contributed by atoms with Crippen molar-refractivity contribution in [3.8, 4) is 0 Å². The summed E-state index contributed by atoms with van der Waals surface area (Å²) in [6.45, 7) is 0. The summed E-state index contributed by atoms with van der Waals surface area (Å²) in [7, 11) is 0. The van der Waals surface area contributed by atoms with E-state index in [2.05, 4.69) is 8.75 Å². The van der Waals surface area contributed by atoms with Gasteiger partial charge in [-0.3, -0.25) is 10.1 Å². The van der Waals surface area contributed by atoms with E-state index in [1.165, 1.54) is 6.07 Å². The zero-order valence-electron chi connectivity index (χ0n) is 6.40. The Morgan fingerprint density at radius 3 is 2.57 bits per heavy atom. The molecule has 2 rings (SSSR count). The lowest BCUT2D eigenvalue weighted by atomic mass is 10.2. The van der Waals surface area contributed by atoms with Gasteiger partial charge in [-0.05, 0) is 6.07 Å². The van der Waals surface area contributed by atoms with Gasteiger partial charge in [-0.15, -0.1) is 0 Å². The van der Waals surface area contributed by atoms with Crippen molar-refractivity contribution in [1.82, 2.24) is 8.75 Å². The summed E-state index contributed by atoms with van der Waals surface area (Å²) >= 11 is 12.3. The second-order valence-electron chi connectivity index (χ2n) is 2.41. The van der Waals surface area contributed by atoms with E-state index in [1.807, 2.05) is 0 Å². The van der Waals surface area contributed by atoms with Gasteiger partial charge in [-0.25, -0.2) is 0 Å². The molecule has 0 aliphatic carbocycles. The van der Waals surface area contributed by atoms with E-state index in [1.54, 1.807) is 0 Å². The Labute approximate surface area is 91.7 Å². The number of nitro groups is 1. The Bertz CT molecular complexity index is 527. The van der Waals surface area contributed by atoms with Crippen molar-refractivity contribution in [1.29, 1.82) is 0 Å². The summed E-state index contributed by atoms with van der Waals surface area (Å²) in [4.78, 5) is 10.1. The van der Waals surface area contributed by atoms with Gasteiger partial charge in [0.1, 0.15) is 10.5 Å². The third-order valence-corrected chi connectivity index (χ3v) is 2.71. The number of rotatable bonds is 1. The first-order chi connectivity index (χ1) is 6.61. The topological polar surface area (TPSA) is 68.9 Å². The highest BCUT2D eigenvalue weighted by Crippen LogP contribution is 2.36. The second-order valence-corrected chi connectivity index (χ2v) is 3.75. The quantitative estimate of drug-likeness (QED) is 0.576. The number of hydrogen-bond acceptors (Lipinski definition) is 5. The summed E-state index contributed by atoms with van der Waals surface area (Å²) < 4.78 is 7.62. The fourth-order valence-corrected chi connectivity index (χ4v) is 2.21. The SMILES string of the molecule is O=[N+]([O-])c1c(Cl)cc(Cl)c2nsnc12. The van der Waals surface area contributed by atoms with Crippen LogP contribution in [0.4, 0.5) is 5.69 Å². The number of fused-ring (bicyclic) bond motifs is 1. The first-order valence-corrected chi connectivity index (χ1v) is 4.84. The number of nitrogens with zero attached hydrogens (tertiary/aromatic N) is 3. The fraction of sp³-hybridized carbons (Fsp3) is 0. The number of nitro benzene ring substituents is 1. The Kier molecular flexibility index (Phi) is 2.26. The Morgan fingerprint density at radius 1 is 1.29 bits per heavy atom. The molecular weight excluding hydrogens is 249 g/mol. The molecule has 2 aromatic rings. The molecule has 0 saturated heterocycles. The smallest absolute Gasteiger partial charge is 0.258 e. The van der Waals surface area contributed by atoms with Crippen LogP contribution in [0.2, 0.25) is 10.0 Å². The van der Waals surface area contributed by atoms with Crippen LogP contribution in [-0.4, -0.2) is 13.7 Å². The van der Waals surface area contributed by atoms with Gasteiger partial charge in [0, 0.05) is 0 Å². The molecule has 1 aromatic carbocycles. The number of aromatic nitrogens is 2. The molecule has 0 aliphatic rings. The zero-order valence-corrected chi connectivity index (χ0v) is 8.73. The molecule has 5 nitrogen and oxygen atoms in total. The van der Waals surface area contributed by atoms with Crippen molar-refractivity contribution in [2.24, 2.45) is 0 Å². The molecule has 0 aliphatic heterocycles. The largest absolute Gasteiger partial charge is 0.316 e. The molecule has 1 heterocycles. The Morgan fingerprint density at radius 2 is 1.93 bits per heavy atom. The average Bonchev–Trinajstić information content (AvgIpc) is 2.51. The maximum atomic E-state index is 10.7. The van der Waals surface area contributed by atoms with Crippen LogP contribution in [-0.2, 0) is 0 Å². The standard InChI is InChI=1S/C6HCl2N3O2S/c7-2-1-3(8)6(11(12)13)5-4(2)9-14-10-5/h1H. The van der Waals surface area contributed by atoms with Gasteiger partial charge in [-0.2, -0.15) is 8.75 Å². The summed E-state index contributed by atoms with van der Waals surface area (Å²) in [5.74, 6) is 0. The summed E-state index contributed by atoms with van der Waals surface area (Å²) in [6, 6.07) is 1.30. The minimum absolute atomic E-state index is 0.0276. The van der Waals surface area contributed by atoms with E-state index >= 15 is 0 Å². The Balaban J connectivity index is 2.93. The number of benzene rings is 1. The van der Waals surface area contributed by atoms with Crippen LogP contribution in [0.3, 0.4) is 0 Å². The van der Waals surface area contributed by atoms with E-state index in [4.69, 9.17) is 23.2 Å². The maximum Gasteiger partial charge on any atom is 0.316 e. The van der Waals surface area contributed by atoms with Crippen LogP contribution in [0.15, 0.2) is 6.07 Å². The predicted octanol–water partition coefficient (Wildman–Crippen LogP) is 2.91. The van der Waals surface area contributed by atoms with Crippen LogP contribution >= 0.6 is 34.9 Å². The molecular formula is C6HCl2N3O2S. The van der Waals surface area contributed by atoms with Crippen LogP contribution in [0.5, 0.6) is 0 Å². The minimum atomic E-state index is -0.595. The second kappa shape index (κ2) is 3.30. The van der Waals surface area contributed by atoms with E-state index in [9.17, 15) is 10.1 Å². The first-order valence-electron chi connectivity index (χ1n) is 3.36. The van der Waals surface area contributed by atoms with Crippen molar-refractivity contribution in [3.05, 3.63) is 26.2 Å². The van der Waals surface area contributed by atoms with E-state index in [-0.39, 0.29) is 21.2 Å². The molecule has 0 bridgehead atoms. The van der Waals surface area contributed by atoms with Crippen LogP contribution in [0, 0.1) is 10.1 Å². The van der Waals surface area contributed by atoms with Crippen molar-refractivity contribution >= 4 is 51.7 Å². The normalized spacial score (nSPS) is 10.7. The lowest BCUT2D eigenvalue weighted by Gasteiger charge is -1.96. The van der Waals surface area contributed by atoms with Crippen LogP contribution < -0.4 is 0 Å². The molecule has 1 aromatic heterocycles. The van der Waals surface area contributed by atoms with Crippen molar-refractivity contribution < 1.29 is 4.92 Å². The fourth-order valence-electron chi connectivity index (χ4n) is 1.04. The van der Waals surface area contributed by atoms with Crippen molar-refractivity contribution in [2.75, 3.05) is 0 Å². The lowest BCUT2D eigenvalue weighted by Crippen LogP contribution is -1.91. The van der Waals surface area contributed by atoms with Gasteiger partial charge in [0.25, 0.3) is 0 Å². The summed E-state index contributed by atoms with van der Waals surface area (Å²) in [5, 5.41) is 10.9. The third-order valence-electron chi connectivity index (χ3n) is 1.60. The molecule has 0 N–H and O–H groups in total. The summed E-state index contributed by atoms with van der Waals surface area (Å²) in [5.41, 5.74) is 0.199. The lowest BCUT2D eigenvalue weighted by molar-refractivity contribution is -0.383. The minimum Gasteiger partial charge on any atom is -0.258 e. The zero-order chi connectivity index (χ0) is 10.3. The van der Waals surface area contributed by atoms with Gasteiger partial charge >= 0.3 is 5.69 Å². The van der Waals surface area contributed by atoms with Crippen LogP contribution in [0.25, 0.3) is 11.0 Å². The highest BCUT2D eigenvalue weighted by atomic mass is 35.5. The molecule has 0 amide bonds. The van der Waals surface area contributed by atoms with E-state index in [0.29, 0.717) is 5.52 Å². The van der Waals surface area contributed by atoms with Gasteiger partial charge < -0.3 is 0 Å². The predicted molar refractivity (Wildman–Crippen MR) is 54.1 cm³/mol. The molecule has 0 atom stereocenters. The number of halogens is 2. The van der Waals surface area contributed by atoms with E-state index in [0.717, 1.165) is 11.7 Å². The number of hydrogen-bond donors (Lipinski definition) is 0. The van der Waals surface area contributed by atoms with Crippen LogP contribution in [0.1, 0.15) is 0 Å². The molecule has 0 radical (unpaired) electrons. The molecule has 0 unspecified atom stereocenters. The first kappa shape index (κ1) is 9.57. The van der Waals surface area contributed by atoms with E-state index < -0.39 is 4.92 Å². The highest BCUT2D eigenvalue weighted by Gasteiger charge is 2.22. The molecule has 0 saturated carbocycles. The summed E-state index contributed by atoms with van der Waals surface area (Å²) in [6.07, 6.45) is 0. The molecule has 14 heavy (non-hydrogen) atoms. The third kappa shape index (κ3) is 1.31. The van der Waals surface area contributed by atoms with Crippen molar-refractivity contribution in [2.45, 2.75) is 0 Å². The highest BCUT2D eigenvalue weighted by molar-refractivity contribution is 7.00. The van der Waals surface area contributed by atoms with Gasteiger partial charge in [0.05, 0.1) is 21.7 Å². The van der Waals surface area contributed by atoms with Gasteiger partial charge in [0.15, 0.2) is 5.52 Å². The maximum absolute atomic E-state index is 10.7. The van der Waals surface area contributed by atoms with Gasteiger partial charge in [0.2, 0.25) is 0 Å². The molecule has 0 spiro atoms. The van der Waals surface area contributed by atoms with Crippen molar-refractivity contribution in [3.63, 3.8) is 0 Å².